The summed E-state index contributed by atoms with van der Waals surface area (Å²) in [6.07, 6.45) is 1.93. The van der Waals surface area contributed by atoms with Crippen LogP contribution in [0.2, 0.25) is 0 Å². The lowest BCUT2D eigenvalue weighted by Gasteiger charge is -1.97. The van der Waals surface area contributed by atoms with Crippen molar-refractivity contribution in [3.63, 3.8) is 0 Å². The largest absolute Gasteiger partial charge is 0.469 e. The van der Waals surface area contributed by atoms with Crippen LogP contribution in [0.1, 0.15) is 22.9 Å². The van der Waals surface area contributed by atoms with Gasteiger partial charge in [0, 0.05) is 17.1 Å². The summed E-state index contributed by atoms with van der Waals surface area (Å²) in [6, 6.07) is -0.0242. The Bertz CT molecular complexity index is 296. The molecule has 72 valence electrons. The highest BCUT2D eigenvalue weighted by molar-refractivity contribution is 7.11. The molecule has 2 N–H and O–H groups in total. The Morgan fingerprint density at radius 3 is 3.00 bits per heavy atom. The third-order valence-electron chi connectivity index (χ3n) is 1.54. The van der Waals surface area contributed by atoms with E-state index in [-0.39, 0.29) is 18.4 Å². The molecule has 0 bridgehead atoms. The first-order valence-electron chi connectivity index (χ1n) is 3.90. The van der Waals surface area contributed by atoms with Crippen molar-refractivity contribution in [2.75, 3.05) is 7.11 Å². The number of rotatable bonds is 3. The number of hydrogen-bond acceptors (Lipinski definition) is 5. The Balaban J connectivity index is 2.64. The Labute approximate surface area is 80.7 Å². The van der Waals surface area contributed by atoms with Crippen molar-refractivity contribution < 1.29 is 9.53 Å². The van der Waals surface area contributed by atoms with Crippen molar-refractivity contribution in [3.05, 3.63) is 16.1 Å². The van der Waals surface area contributed by atoms with E-state index in [1.165, 1.54) is 18.4 Å². The lowest BCUT2D eigenvalue weighted by Crippen LogP contribution is -2.03. The van der Waals surface area contributed by atoms with Gasteiger partial charge in [0.25, 0.3) is 0 Å². The van der Waals surface area contributed by atoms with Gasteiger partial charge in [0.2, 0.25) is 0 Å². The summed E-state index contributed by atoms with van der Waals surface area (Å²) < 4.78 is 4.52. The SMILES string of the molecule is COC(=O)Cc1ncc(C(C)N)s1. The van der Waals surface area contributed by atoms with Gasteiger partial charge < -0.3 is 10.5 Å². The summed E-state index contributed by atoms with van der Waals surface area (Å²) in [4.78, 5) is 15.9. The van der Waals surface area contributed by atoms with Crippen LogP contribution in [0.25, 0.3) is 0 Å². The molecule has 1 heterocycles. The molecule has 5 heteroatoms. The molecule has 1 rings (SSSR count). The van der Waals surface area contributed by atoms with E-state index < -0.39 is 0 Å². The van der Waals surface area contributed by atoms with Crippen LogP contribution < -0.4 is 5.73 Å². The molecule has 0 aliphatic carbocycles. The number of hydrogen-bond donors (Lipinski definition) is 1. The molecule has 0 aliphatic heterocycles. The van der Waals surface area contributed by atoms with E-state index in [2.05, 4.69) is 9.72 Å². The van der Waals surface area contributed by atoms with Crippen LogP contribution in [0.4, 0.5) is 0 Å². The van der Waals surface area contributed by atoms with Crippen molar-refractivity contribution in [1.29, 1.82) is 0 Å². The molecular formula is C8H12N2O2S. The Morgan fingerprint density at radius 2 is 2.54 bits per heavy atom. The highest BCUT2D eigenvalue weighted by Crippen LogP contribution is 2.18. The molecule has 0 aromatic carbocycles. The average molecular weight is 200 g/mol. The molecule has 0 radical (unpaired) electrons. The summed E-state index contributed by atoms with van der Waals surface area (Å²) in [6.45, 7) is 1.88. The molecule has 0 fully saturated rings. The summed E-state index contributed by atoms with van der Waals surface area (Å²) in [7, 11) is 1.36. The van der Waals surface area contributed by atoms with Crippen LogP contribution in [-0.2, 0) is 16.0 Å². The van der Waals surface area contributed by atoms with Crippen LogP contribution in [0.15, 0.2) is 6.20 Å². The van der Waals surface area contributed by atoms with Gasteiger partial charge >= 0.3 is 5.97 Å². The van der Waals surface area contributed by atoms with Crippen LogP contribution in [0.3, 0.4) is 0 Å². The van der Waals surface area contributed by atoms with Gasteiger partial charge in [-0.25, -0.2) is 4.98 Å². The quantitative estimate of drug-likeness (QED) is 0.735. The number of carbonyl (C=O) groups is 1. The van der Waals surface area contributed by atoms with Gasteiger partial charge in [-0.1, -0.05) is 0 Å². The molecule has 0 amide bonds. The van der Waals surface area contributed by atoms with Crippen LogP contribution >= 0.6 is 11.3 Å². The Morgan fingerprint density at radius 1 is 1.85 bits per heavy atom. The lowest BCUT2D eigenvalue weighted by atomic mass is 10.3. The van der Waals surface area contributed by atoms with E-state index in [4.69, 9.17) is 5.73 Å². The molecule has 0 saturated carbocycles. The maximum Gasteiger partial charge on any atom is 0.312 e. The number of nitrogens with zero attached hydrogens (tertiary/aromatic N) is 1. The Hall–Kier alpha value is -0.940. The van der Waals surface area contributed by atoms with E-state index in [9.17, 15) is 4.79 Å². The fraction of sp³-hybridized carbons (Fsp3) is 0.500. The minimum absolute atomic E-state index is 0.0242. The van der Waals surface area contributed by atoms with Crippen molar-refractivity contribution in [3.8, 4) is 0 Å². The van der Waals surface area contributed by atoms with E-state index in [1.807, 2.05) is 6.92 Å². The second-order valence-corrected chi connectivity index (χ2v) is 3.84. The Kier molecular flexibility index (Phi) is 3.39. The van der Waals surface area contributed by atoms with Crippen molar-refractivity contribution in [1.82, 2.24) is 4.98 Å². The zero-order valence-corrected chi connectivity index (χ0v) is 8.43. The fourth-order valence-corrected chi connectivity index (χ4v) is 1.67. The molecular weight excluding hydrogens is 188 g/mol. The number of ether oxygens (including phenoxy) is 1. The second-order valence-electron chi connectivity index (χ2n) is 2.70. The third kappa shape index (κ3) is 2.78. The first-order valence-corrected chi connectivity index (χ1v) is 4.72. The molecule has 1 unspecified atom stereocenters. The summed E-state index contributed by atoms with van der Waals surface area (Å²) in [5.41, 5.74) is 5.64. The van der Waals surface area contributed by atoms with Crippen molar-refractivity contribution in [2.24, 2.45) is 5.73 Å². The fourth-order valence-electron chi connectivity index (χ4n) is 0.812. The van der Waals surface area contributed by atoms with Crippen LogP contribution in [-0.4, -0.2) is 18.1 Å². The topological polar surface area (TPSA) is 65.2 Å². The van der Waals surface area contributed by atoms with Gasteiger partial charge in [-0.05, 0) is 6.92 Å². The monoisotopic (exact) mass is 200 g/mol. The first-order chi connectivity index (χ1) is 6.13. The van der Waals surface area contributed by atoms with Gasteiger partial charge in [0.1, 0.15) is 5.01 Å². The number of methoxy groups -OCH3 is 1. The smallest absolute Gasteiger partial charge is 0.312 e. The zero-order chi connectivity index (χ0) is 9.84. The highest BCUT2D eigenvalue weighted by atomic mass is 32.1. The summed E-state index contributed by atoms with van der Waals surface area (Å²) in [5, 5.41) is 0.749. The van der Waals surface area contributed by atoms with Gasteiger partial charge in [-0.15, -0.1) is 11.3 Å². The standard InChI is InChI=1S/C8H12N2O2S/c1-5(9)6-4-10-7(13-6)3-8(11)12-2/h4-5H,3,9H2,1-2H3. The molecule has 4 nitrogen and oxygen atoms in total. The molecule has 0 aliphatic rings. The first kappa shape index (κ1) is 10.1. The normalized spacial score (nSPS) is 12.5. The molecule has 13 heavy (non-hydrogen) atoms. The van der Waals surface area contributed by atoms with E-state index in [0.717, 1.165) is 9.88 Å². The van der Waals surface area contributed by atoms with E-state index >= 15 is 0 Å². The van der Waals surface area contributed by atoms with Crippen molar-refractivity contribution in [2.45, 2.75) is 19.4 Å². The number of thiazole rings is 1. The average Bonchev–Trinajstić information content (AvgIpc) is 2.52. The lowest BCUT2D eigenvalue weighted by molar-refractivity contribution is -0.139. The van der Waals surface area contributed by atoms with Crippen LogP contribution in [0, 0.1) is 0 Å². The predicted octanol–water partition coefficient (Wildman–Crippen LogP) is 0.878. The molecule has 0 spiro atoms. The maximum atomic E-state index is 10.9. The van der Waals surface area contributed by atoms with Gasteiger partial charge in [0.05, 0.1) is 13.5 Å². The summed E-state index contributed by atoms with van der Waals surface area (Å²) in [5.74, 6) is -0.273. The number of nitrogens with two attached hydrogens (primary N) is 1. The maximum absolute atomic E-state index is 10.9. The van der Waals surface area contributed by atoms with E-state index in [0.29, 0.717) is 0 Å². The second kappa shape index (κ2) is 4.34. The third-order valence-corrected chi connectivity index (χ3v) is 2.74. The highest BCUT2D eigenvalue weighted by Gasteiger charge is 2.09. The molecule has 1 atom stereocenters. The van der Waals surface area contributed by atoms with Gasteiger partial charge in [-0.3, -0.25) is 4.79 Å². The molecule has 1 aromatic heterocycles. The van der Waals surface area contributed by atoms with Gasteiger partial charge in [0.15, 0.2) is 0 Å². The number of esters is 1. The molecule has 0 saturated heterocycles. The van der Waals surface area contributed by atoms with E-state index in [1.54, 1.807) is 6.20 Å². The predicted molar refractivity (Wildman–Crippen MR) is 50.4 cm³/mol. The summed E-state index contributed by atoms with van der Waals surface area (Å²) >= 11 is 1.45. The zero-order valence-electron chi connectivity index (χ0n) is 7.61. The molecule has 1 aromatic rings. The van der Waals surface area contributed by atoms with Gasteiger partial charge in [-0.2, -0.15) is 0 Å². The number of aromatic nitrogens is 1. The number of carbonyl (C=O) groups excluding carboxylic acids is 1. The minimum atomic E-state index is -0.273. The van der Waals surface area contributed by atoms with Crippen molar-refractivity contribution >= 4 is 17.3 Å². The minimum Gasteiger partial charge on any atom is -0.469 e. The van der Waals surface area contributed by atoms with Crippen LogP contribution in [0.5, 0.6) is 0 Å².